The molecular formula is C18H22FN3O3. The summed E-state index contributed by atoms with van der Waals surface area (Å²) in [5, 5.41) is 13.2. The Balaban J connectivity index is 1.47. The summed E-state index contributed by atoms with van der Waals surface area (Å²) in [7, 11) is 1.73. The number of carbonyl (C=O) groups is 1. The van der Waals surface area contributed by atoms with Crippen LogP contribution in [0.5, 0.6) is 0 Å². The lowest BCUT2D eigenvalue weighted by Gasteiger charge is -2.31. The molecule has 6 nitrogen and oxygen atoms in total. The van der Waals surface area contributed by atoms with Gasteiger partial charge in [0.05, 0.1) is 12.7 Å². The number of hydrogen-bond donors (Lipinski definition) is 1. The van der Waals surface area contributed by atoms with Crippen LogP contribution in [0.2, 0.25) is 0 Å². The number of aromatic nitrogens is 2. The van der Waals surface area contributed by atoms with E-state index in [1.807, 2.05) is 0 Å². The second kappa shape index (κ2) is 7.76. The molecule has 1 aromatic carbocycles. The fourth-order valence-corrected chi connectivity index (χ4v) is 3.10. The van der Waals surface area contributed by atoms with Crippen molar-refractivity contribution in [3.05, 3.63) is 53.1 Å². The smallest absolute Gasteiger partial charge is 0.356 e. The molecule has 0 saturated carbocycles. The van der Waals surface area contributed by atoms with Crippen LogP contribution in [0.4, 0.5) is 4.39 Å². The molecule has 0 amide bonds. The summed E-state index contributed by atoms with van der Waals surface area (Å²) in [5.74, 6) is -1.23. The van der Waals surface area contributed by atoms with Gasteiger partial charge in [-0.25, -0.2) is 9.18 Å². The van der Waals surface area contributed by atoms with E-state index in [2.05, 4.69) is 10.00 Å². The van der Waals surface area contributed by atoms with Gasteiger partial charge in [0.15, 0.2) is 5.69 Å². The fraction of sp³-hybridized carbons (Fsp3) is 0.444. The Morgan fingerprint density at radius 3 is 2.64 bits per heavy atom. The SMILES string of the molecule is Cn1cc(CN2CCC(OCc3ccc(F)cc3)CC2)c(C(=O)O)n1. The van der Waals surface area contributed by atoms with Gasteiger partial charge in [-0.05, 0) is 30.5 Å². The van der Waals surface area contributed by atoms with Crippen LogP contribution < -0.4 is 0 Å². The Labute approximate surface area is 145 Å². The molecule has 2 heterocycles. The number of halogens is 1. The second-order valence-corrected chi connectivity index (χ2v) is 6.39. The van der Waals surface area contributed by atoms with Gasteiger partial charge in [-0.2, -0.15) is 5.10 Å². The lowest BCUT2D eigenvalue weighted by atomic mass is 10.1. The van der Waals surface area contributed by atoms with E-state index < -0.39 is 5.97 Å². The van der Waals surface area contributed by atoms with Gasteiger partial charge >= 0.3 is 5.97 Å². The number of carboxylic acid groups (broad SMARTS) is 1. The summed E-state index contributed by atoms with van der Waals surface area (Å²) < 4.78 is 20.3. The topological polar surface area (TPSA) is 67.6 Å². The lowest BCUT2D eigenvalue weighted by molar-refractivity contribution is -0.00403. The highest BCUT2D eigenvalue weighted by Crippen LogP contribution is 2.19. The summed E-state index contributed by atoms with van der Waals surface area (Å²) in [4.78, 5) is 13.5. The molecule has 0 aliphatic carbocycles. The van der Waals surface area contributed by atoms with Gasteiger partial charge in [-0.3, -0.25) is 9.58 Å². The van der Waals surface area contributed by atoms with Crippen LogP contribution >= 0.6 is 0 Å². The first-order chi connectivity index (χ1) is 12.0. The number of aromatic carboxylic acids is 1. The molecular weight excluding hydrogens is 325 g/mol. The van der Waals surface area contributed by atoms with Crippen molar-refractivity contribution in [2.24, 2.45) is 7.05 Å². The minimum absolute atomic E-state index is 0.122. The molecule has 1 aromatic heterocycles. The number of ether oxygens (including phenoxy) is 1. The minimum Gasteiger partial charge on any atom is -0.476 e. The molecule has 1 aliphatic heterocycles. The van der Waals surface area contributed by atoms with Gasteiger partial charge in [-0.15, -0.1) is 0 Å². The highest BCUT2D eigenvalue weighted by molar-refractivity contribution is 5.86. The number of nitrogens with zero attached hydrogens (tertiary/aromatic N) is 3. The standard InChI is InChI=1S/C18H22FN3O3/c1-21-10-14(17(20-21)18(23)24)11-22-8-6-16(7-9-22)25-12-13-2-4-15(19)5-3-13/h2-5,10,16H,6-9,11-12H2,1H3,(H,23,24). The quantitative estimate of drug-likeness (QED) is 0.869. The first-order valence-corrected chi connectivity index (χ1v) is 8.35. The van der Waals surface area contributed by atoms with Crippen molar-refractivity contribution < 1.29 is 19.0 Å². The third-order valence-electron chi connectivity index (χ3n) is 4.43. The van der Waals surface area contributed by atoms with Crippen LogP contribution in [-0.4, -0.2) is 44.9 Å². The molecule has 2 aromatic rings. The Morgan fingerprint density at radius 1 is 1.32 bits per heavy atom. The Hall–Kier alpha value is -2.25. The zero-order valence-electron chi connectivity index (χ0n) is 14.2. The number of hydrogen-bond acceptors (Lipinski definition) is 4. The van der Waals surface area contributed by atoms with E-state index in [0.717, 1.165) is 37.1 Å². The third kappa shape index (κ3) is 4.64. The van der Waals surface area contributed by atoms with Crippen molar-refractivity contribution in [3.63, 3.8) is 0 Å². The first-order valence-electron chi connectivity index (χ1n) is 8.35. The maximum Gasteiger partial charge on any atom is 0.356 e. The third-order valence-corrected chi connectivity index (χ3v) is 4.43. The van der Waals surface area contributed by atoms with Crippen molar-refractivity contribution in [2.75, 3.05) is 13.1 Å². The molecule has 0 unspecified atom stereocenters. The van der Waals surface area contributed by atoms with E-state index in [-0.39, 0.29) is 17.6 Å². The summed E-state index contributed by atoms with van der Waals surface area (Å²) in [6, 6.07) is 6.35. The average molecular weight is 347 g/mol. The largest absolute Gasteiger partial charge is 0.476 e. The first kappa shape index (κ1) is 17.6. The van der Waals surface area contributed by atoms with Crippen LogP contribution in [0.1, 0.15) is 34.5 Å². The van der Waals surface area contributed by atoms with Crippen LogP contribution in [-0.2, 0) is 24.9 Å². The second-order valence-electron chi connectivity index (χ2n) is 6.39. The molecule has 1 saturated heterocycles. The molecule has 7 heteroatoms. The van der Waals surface area contributed by atoms with Crippen LogP contribution in [0.15, 0.2) is 30.5 Å². The fourth-order valence-electron chi connectivity index (χ4n) is 3.10. The number of rotatable bonds is 6. The summed E-state index contributed by atoms with van der Waals surface area (Å²) in [5.41, 5.74) is 1.82. The minimum atomic E-state index is -0.992. The van der Waals surface area contributed by atoms with Crippen molar-refractivity contribution >= 4 is 5.97 Å². The predicted octanol–water partition coefficient (Wildman–Crippen LogP) is 2.44. The number of carboxylic acids is 1. The molecule has 0 spiro atoms. The van der Waals surface area contributed by atoms with Gasteiger partial charge in [-0.1, -0.05) is 12.1 Å². The summed E-state index contributed by atoms with van der Waals surface area (Å²) in [6.07, 6.45) is 3.73. The highest BCUT2D eigenvalue weighted by Gasteiger charge is 2.23. The monoisotopic (exact) mass is 347 g/mol. The normalized spacial score (nSPS) is 16.2. The Morgan fingerprint density at radius 2 is 2.00 bits per heavy atom. The van der Waals surface area contributed by atoms with Crippen LogP contribution in [0, 0.1) is 5.82 Å². The van der Waals surface area contributed by atoms with E-state index in [1.165, 1.54) is 16.8 Å². The van der Waals surface area contributed by atoms with Gasteiger partial charge in [0.1, 0.15) is 5.82 Å². The summed E-state index contributed by atoms with van der Waals surface area (Å²) in [6.45, 7) is 2.76. The van der Waals surface area contributed by atoms with Gasteiger partial charge in [0.2, 0.25) is 0 Å². The van der Waals surface area contributed by atoms with Crippen molar-refractivity contribution in [2.45, 2.75) is 32.1 Å². The Bertz CT molecular complexity index is 722. The number of benzene rings is 1. The van der Waals surface area contributed by atoms with E-state index in [4.69, 9.17) is 4.74 Å². The highest BCUT2D eigenvalue weighted by atomic mass is 19.1. The predicted molar refractivity (Wildman–Crippen MR) is 89.7 cm³/mol. The zero-order valence-corrected chi connectivity index (χ0v) is 14.2. The van der Waals surface area contributed by atoms with Gasteiger partial charge in [0.25, 0.3) is 0 Å². The Kier molecular flexibility index (Phi) is 5.45. The lowest BCUT2D eigenvalue weighted by Crippen LogP contribution is -2.36. The molecule has 0 radical (unpaired) electrons. The molecule has 0 atom stereocenters. The van der Waals surface area contributed by atoms with Gasteiger partial charge < -0.3 is 9.84 Å². The van der Waals surface area contributed by atoms with Crippen molar-refractivity contribution in [1.29, 1.82) is 0 Å². The number of piperidine rings is 1. The summed E-state index contributed by atoms with van der Waals surface area (Å²) >= 11 is 0. The number of aryl methyl sites for hydroxylation is 1. The van der Waals surface area contributed by atoms with Crippen molar-refractivity contribution in [1.82, 2.24) is 14.7 Å². The molecule has 134 valence electrons. The maximum absolute atomic E-state index is 12.9. The average Bonchev–Trinajstić information content (AvgIpc) is 2.96. The number of likely N-dealkylation sites (tertiary alicyclic amines) is 1. The molecule has 1 fully saturated rings. The zero-order chi connectivity index (χ0) is 17.8. The van der Waals surface area contributed by atoms with E-state index >= 15 is 0 Å². The molecule has 1 N–H and O–H groups in total. The van der Waals surface area contributed by atoms with E-state index in [1.54, 1.807) is 25.4 Å². The molecule has 1 aliphatic rings. The molecule has 0 bridgehead atoms. The molecule has 25 heavy (non-hydrogen) atoms. The van der Waals surface area contributed by atoms with E-state index in [9.17, 15) is 14.3 Å². The van der Waals surface area contributed by atoms with E-state index in [0.29, 0.717) is 13.2 Å². The van der Waals surface area contributed by atoms with Crippen molar-refractivity contribution in [3.8, 4) is 0 Å². The van der Waals surface area contributed by atoms with Crippen LogP contribution in [0.25, 0.3) is 0 Å². The molecule has 3 rings (SSSR count). The van der Waals surface area contributed by atoms with Gasteiger partial charge in [0, 0.05) is 38.4 Å². The van der Waals surface area contributed by atoms with Crippen LogP contribution in [0.3, 0.4) is 0 Å². The maximum atomic E-state index is 12.9.